The van der Waals surface area contributed by atoms with Gasteiger partial charge in [0, 0.05) is 139 Å². The Bertz CT molecular complexity index is 6900. The lowest BCUT2D eigenvalue weighted by atomic mass is 9.74. The predicted molar refractivity (Wildman–Crippen MR) is 574 cm³/mol. The molecule has 8 saturated heterocycles. The molecule has 12 aromatic rings. The summed E-state index contributed by atoms with van der Waals surface area (Å²) in [5.41, 5.74) is 23.1. The van der Waals surface area contributed by atoms with Crippen LogP contribution in [0, 0.1) is 68.1 Å². The smallest absolute Gasteiger partial charge is 0.243 e. The Kier molecular flexibility index (Phi) is 33.7. The summed E-state index contributed by atoms with van der Waals surface area (Å²) in [6.45, 7) is 27.1. The second kappa shape index (κ2) is 46.1. The molecule has 2 N–H and O–H groups in total. The second-order valence-electron chi connectivity index (χ2n) is 40.8. The van der Waals surface area contributed by atoms with Crippen molar-refractivity contribution in [1.29, 1.82) is 0 Å². The van der Waals surface area contributed by atoms with Crippen molar-refractivity contribution < 1.29 is 57.7 Å². The van der Waals surface area contributed by atoms with Crippen LogP contribution in [0.25, 0.3) is 44.5 Å². The van der Waals surface area contributed by atoms with E-state index >= 15 is 0 Å². The molecular formula is C119H141FN8O12S4. The molecule has 0 amide bonds. The van der Waals surface area contributed by atoms with E-state index in [1.165, 1.54) is 84.5 Å². The van der Waals surface area contributed by atoms with Crippen LogP contribution < -0.4 is 0 Å². The number of fused-ring (bicyclic) bond motifs is 4. The summed E-state index contributed by atoms with van der Waals surface area (Å²) in [7, 11) is -10.8. The van der Waals surface area contributed by atoms with E-state index in [4.69, 9.17) is 9.47 Å². The number of nitrogens with zero attached hydrogens (tertiary/aromatic N) is 8. The molecule has 760 valence electrons. The van der Waals surface area contributed by atoms with E-state index in [2.05, 4.69) is 188 Å². The number of rotatable bonds is 22. The normalized spacial score (nSPS) is 23.4. The van der Waals surface area contributed by atoms with Crippen molar-refractivity contribution in [3.8, 4) is 44.5 Å². The number of benzene rings is 12. The molecule has 144 heavy (non-hydrogen) atoms. The van der Waals surface area contributed by atoms with E-state index in [-0.39, 0.29) is 91.0 Å². The van der Waals surface area contributed by atoms with Gasteiger partial charge in [-0.1, -0.05) is 270 Å². The van der Waals surface area contributed by atoms with E-state index in [0.717, 1.165) is 122 Å². The van der Waals surface area contributed by atoms with Gasteiger partial charge in [-0.05, 0) is 265 Å². The summed E-state index contributed by atoms with van der Waals surface area (Å²) in [5.74, 6) is 0.293. The Morgan fingerprint density at radius 1 is 0.264 bits per heavy atom. The largest absolute Gasteiger partial charge is 0.395 e. The van der Waals surface area contributed by atoms with Gasteiger partial charge in [-0.25, -0.2) is 38.1 Å². The highest BCUT2D eigenvalue weighted by molar-refractivity contribution is 7.90. The first-order valence-corrected chi connectivity index (χ1v) is 57.0. The average molecular weight is 2020 g/mol. The zero-order valence-electron chi connectivity index (χ0n) is 85.0. The van der Waals surface area contributed by atoms with E-state index in [1.807, 2.05) is 119 Å². The number of hydrogen-bond donors (Lipinski definition) is 2. The Hall–Kier alpha value is -10.1. The number of hydrogen-bond acceptors (Lipinski definition) is 16. The maximum atomic E-state index is 13.7. The van der Waals surface area contributed by atoms with Gasteiger partial charge in [-0.2, -0.15) is 17.2 Å². The molecule has 0 spiro atoms. The molecule has 12 aromatic carbocycles. The molecule has 8 aliphatic rings. The SMILES string of the molecule is COC[C@@H]1[C@@H](c2ccc(-c3cc(C)cc(C)c3)cc2)[C@@H]2CN(S(=O)(=O)c3ccccc3C)CCCCN12.COC[C@@H]1[C@@H](c2ccc(-c3cccc(C)c3)cc2)[C@@H]2CN(S(=O)(=O)c3ccccc3C)CCCCN12.Cc1cc(C)cc(-c2ccc([C@@H]3[C@@H](CO)N4CCCCN(S(=O)(=O)c5ccccc5C)C[C@@H]34)cc2)c1.Cc1ccccc1S(=O)(=O)N1CCCCN2[C@H](CO)[C@@H](c3ccc(-c4cccc(F)c4)cc3)[C@@H]2C1. The van der Waals surface area contributed by atoms with Crippen molar-refractivity contribution in [3.05, 3.63) is 357 Å². The van der Waals surface area contributed by atoms with Crippen LogP contribution in [-0.2, 0) is 49.6 Å². The van der Waals surface area contributed by atoms with Gasteiger partial charge in [-0.15, -0.1) is 0 Å². The minimum atomic E-state index is -3.62. The quantitative estimate of drug-likeness (QED) is 0.0644. The first kappa shape index (κ1) is 105. The fraction of sp³-hybridized carbons (Fsp3) is 0.395. The van der Waals surface area contributed by atoms with Crippen molar-refractivity contribution >= 4 is 40.1 Å². The molecule has 0 aliphatic carbocycles. The molecule has 0 aromatic heterocycles. The van der Waals surface area contributed by atoms with Crippen molar-refractivity contribution in [2.75, 3.05) is 119 Å². The monoisotopic (exact) mass is 2020 g/mol. The van der Waals surface area contributed by atoms with E-state index in [0.29, 0.717) is 85.2 Å². The number of halogens is 1. The maximum Gasteiger partial charge on any atom is 0.243 e. The first-order valence-electron chi connectivity index (χ1n) is 51.2. The lowest BCUT2D eigenvalue weighted by Crippen LogP contribution is -2.68. The lowest BCUT2D eigenvalue weighted by Gasteiger charge is -2.57. The first-order chi connectivity index (χ1) is 69.4. The fourth-order valence-electron chi connectivity index (χ4n) is 24.1. The third-order valence-corrected chi connectivity index (χ3v) is 39.4. The van der Waals surface area contributed by atoms with Crippen LogP contribution in [0.5, 0.6) is 0 Å². The molecule has 0 radical (unpaired) electrons. The molecule has 20 rings (SSSR count). The van der Waals surface area contributed by atoms with Gasteiger partial charge in [0.1, 0.15) is 5.82 Å². The highest BCUT2D eigenvalue weighted by atomic mass is 32.2. The van der Waals surface area contributed by atoms with Gasteiger partial charge in [-0.3, -0.25) is 19.6 Å². The van der Waals surface area contributed by atoms with Crippen LogP contribution in [0.1, 0.15) is 147 Å². The van der Waals surface area contributed by atoms with Crippen molar-refractivity contribution in [3.63, 3.8) is 0 Å². The van der Waals surface area contributed by atoms with E-state index in [9.17, 15) is 48.3 Å². The second-order valence-corrected chi connectivity index (χ2v) is 48.5. The number of methoxy groups -OCH3 is 2. The Balaban J connectivity index is 0.000000132. The topological polar surface area (TPSA) is 221 Å². The zero-order chi connectivity index (χ0) is 101. The van der Waals surface area contributed by atoms with Gasteiger partial charge < -0.3 is 19.7 Å². The average Bonchev–Trinajstić information content (AvgIpc) is 0.721. The van der Waals surface area contributed by atoms with Crippen LogP contribution in [0.4, 0.5) is 4.39 Å². The minimum absolute atomic E-state index is 0.00809. The summed E-state index contributed by atoms with van der Waals surface area (Å²) in [6, 6.07) is 92.5. The van der Waals surface area contributed by atoms with Crippen LogP contribution >= 0.6 is 0 Å². The third kappa shape index (κ3) is 22.6. The van der Waals surface area contributed by atoms with E-state index in [1.54, 1.807) is 73.9 Å². The summed E-state index contributed by atoms with van der Waals surface area (Å²) in [5, 5.41) is 20.5. The zero-order valence-corrected chi connectivity index (χ0v) is 88.3. The van der Waals surface area contributed by atoms with Crippen molar-refractivity contribution in [2.45, 2.75) is 205 Å². The predicted octanol–water partition coefficient (Wildman–Crippen LogP) is 20.1. The number of aryl methyl sites for hydroxylation is 9. The molecule has 12 atom stereocenters. The highest BCUT2D eigenvalue weighted by Crippen LogP contribution is 2.49. The molecule has 0 bridgehead atoms. The molecule has 8 heterocycles. The van der Waals surface area contributed by atoms with Gasteiger partial charge >= 0.3 is 0 Å². The summed E-state index contributed by atoms with van der Waals surface area (Å²) in [4.78, 5) is 11.1. The number of aliphatic hydroxyl groups excluding tert-OH is 2. The Morgan fingerprint density at radius 2 is 0.507 bits per heavy atom. The van der Waals surface area contributed by atoms with Gasteiger partial charge in [0.05, 0.1) is 46.0 Å². The third-order valence-electron chi connectivity index (χ3n) is 31.3. The summed E-state index contributed by atoms with van der Waals surface area (Å²) in [6.07, 6.45) is 7.11. The van der Waals surface area contributed by atoms with Gasteiger partial charge in [0.2, 0.25) is 40.1 Å². The molecule has 8 aliphatic heterocycles. The Labute approximate surface area is 854 Å². The number of ether oxygens (including phenoxy) is 2. The van der Waals surface area contributed by atoms with E-state index < -0.39 is 40.1 Å². The molecule has 25 heteroatoms. The fourth-order valence-corrected chi connectivity index (χ4v) is 31.0. The molecule has 8 fully saturated rings. The van der Waals surface area contributed by atoms with Crippen molar-refractivity contribution in [1.82, 2.24) is 36.8 Å². The van der Waals surface area contributed by atoms with Crippen LogP contribution in [0.2, 0.25) is 0 Å². The number of aliphatic hydroxyl groups is 2. The lowest BCUT2D eigenvalue weighted by molar-refractivity contribution is -0.0635. The van der Waals surface area contributed by atoms with Crippen LogP contribution in [0.3, 0.4) is 0 Å². The van der Waals surface area contributed by atoms with Crippen LogP contribution in [-0.4, -0.2) is 248 Å². The van der Waals surface area contributed by atoms with Gasteiger partial charge in [0.15, 0.2) is 0 Å². The summed E-state index contributed by atoms with van der Waals surface area (Å²) < 4.78 is 141. The standard InChI is InChI=1S/C31H38N2O3S.2C30H36N2O3S.C28H31FN2O3S/c1-22-17-23(2)19-27(18-22)25-11-13-26(14-12-25)31-28-20-32(15-7-8-16-33(28)29(31)21-36-4)37(34,35)30-10-6-5-9-24(30)3;1-22-9-8-11-26(19-22)24-13-15-25(16-14-24)30-27-20-31(17-6-7-18-32(27)28(30)21-35-3)36(33,34)29-12-5-4-10-23(29)2;1-21-16-22(2)18-26(17-21)24-10-12-25(13-11-24)30-27-19-31(14-6-7-15-32(27)28(30)20-33)36(34,35)29-9-5-4-8-23(29)3;1-20-7-2-3-10-27(20)35(33,34)30-15-4-5-16-31-25(18-30)28(26(31)19-32)22-13-11-21(12-14-22)23-8-6-9-24(29)17-23/h5-6,9-14,17-19,28-29,31H,7-8,15-16,20-21H2,1-4H3;4-5,8-16,19,27-28,30H,6-7,17-18,20-21H2,1-3H3;4-5,8-13,16-18,27-28,30,33H,6-7,14-15,19-20H2,1-3H3;2-3,6-14,17,25-26,28,32H,4-5,15-16,18-19H2,1H3/t28-,29+,31-;2*27-,28+,30-;25-,26+,28-/m0000/s1. The molecule has 20 nitrogen and oxygen atoms in total. The molecular weight excluding hydrogens is 1880 g/mol. The maximum absolute atomic E-state index is 13.7. The number of sulfonamides is 4. The minimum Gasteiger partial charge on any atom is -0.395 e. The van der Waals surface area contributed by atoms with Gasteiger partial charge in [0.25, 0.3) is 0 Å². The highest BCUT2D eigenvalue weighted by Gasteiger charge is 2.55. The molecule has 0 saturated carbocycles. The summed E-state index contributed by atoms with van der Waals surface area (Å²) >= 11 is 0. The molecule has 0 unspecified atom stereocenters. The van der Waals surface area contributed by atoms with Crippen molar-refractivity contribution in [2.24, 2.45) is 0 Å². The van der Waals surface area contributed by atoms with Crippen LogP contribution in [0.15, 0.2) is 299 Å². The Morgan fingerprint density at radius 3 is 0.771 bits per heavy atom.